The van der Waals surface area contributed by atoms with Crippen LogP contribution >= 0.6 is 11.6 Å². The third-order valence-corrected chi connectivity index (χ3v) is 4.43. The lowest BCUT2D eigenvalue weighted by Gasteiger charge is -2.35. The predicted molar refractivity (Wildman–Crippen MR) is 75.1 cm³/mol. The van der Waals surface area contributed by atoms with Gasteiger partial charge in [-0.1, -0.05) is 30.9 Å². The average molecular weight is 283 g/mol. The van der Waals surface area contributed by atoms with Crippen molar-refractivity contribution in [1.82, 2.24) is 0 Å². The van der Waals surface area contributed by atoms with Gasteiger partial charge >= 0.3 is 5.97 Å². The van der Waals surface area contributed by atoms with Crippen LogP contribution in [-0.4, -0.2) is 18.2 Å². The van der Waals surface area contributed by atoms with Crippen LogP contribution in [0.15, 0.2) is 12.1 Å². The smallest absolute Gasteiger partial charge is 0.314 e. The Labute approximate surface area is 118 Å². The zero-order valence-electron chi connectivity index (χ0n) is 11.3. The largest absolute Gasteiger partial charge is 0.495 e. The summed E-state index contributed by atoms with van der Waals surface area (Å²) in [5.74, 6) is -0.143. The van der Waals surface area contributed by atoms with E-state index in [-0.39, 0.29) is 0 Å². The summed E-state index contributed by atoms with van der Waals surface area (Å²) >= 11 is 6.17. The predicted octanol–water partition coefficient (Wildman–Crippen LogP) is 3.94. The van der Waals surface area contributed by atoms with Crippen molar-refractivity contribution in [3.8, 4) is 5.75 Å². The monoisotopic (exact) mass is 282 g/mol. The van der Waals surface area contributed by atoms with Crippen molar-refractivity contribution >= 4 is 17.6 Å². The molecule has 0 aromatic heterocycles. The van der Waals surface area contributed by atoms with Crippen molar-refractivity contribution < 1.29 is 14.6 Å². The van der Waals surface area contributed by atoms with Crippen molar-refractivity contribution in [2.75, 3.05) is 7.11 Å². The number of hydrogen-bond donors (Lipinski definition) is 1. The van der Waals surface area contributed by atoms with Crippen molar-refractivity contribution in [1.29, 1.82) is 0 Å². The molecule has 0 radical (unpaired) electrons. The van der Waals surface area contributed by atoms with E-state index in [9.17, 15) is 9.90 Å². The molecule has 0 saturated heterocycles. The summed E-state index contributed by atoms with van der Waals surface area (Å²) < 4.78 is 5.18. The second-order valence-electron chi connectivity index (χ2n) is 5.25. The van der Waals surface area contributed by atoms with Crippen LogP contribution in [0.1, 0.15) is 43.2 Å². The Morgan fingerprint density at radius 2 is 1.95 bits per heavy atom. The molecule has 0 amide bonds. The molecule has 19 heavy (non-hydrogen) atoms. The summed E-state index contributed by atoms with van der Waals surface area (Å²) in [6, 6.07) is 3.60. The molecule has 2 rings (SSSR count). The van der Waals surface area contributed by atoms with Gasteiger partial charge in [-0.15, -0.1) is 0 Å². The number of rotatable bonds is 3. The number of carboxylic acids is 1. The molecule has 4 heteroatoms. The van der Waals surface area contributed by atoms with Crippen molar-refractivity contribution in [2.45, 2.75) is 44.4 Å². The molecule has 0 aliphatic heterocycles. The van der Waals surface area contributed by atoms with E-state index < -0.39 is 11.4 Å². The second-order valence-corrected chi connectivity index (χ2v) is 5.66. The summed E-state index contributed by atoms with van der Waals surface area (Å²) in [5, 5.41) is 10.2. The summed E-state index contributed by atoms with van der Waals surface area (Å²) in [6.45, 7) is 1.92. The Morgan fingerprint density at radius 3 is 2.47 bits per heavy atom. The maximum absolute atomic E-state index is 11.8. The SMILES string of the molecule is COc1cc(C)c(C2(C(=O)O)CCCCC2)cc1Cl. The first-order valence-corrected chi connectivity index (χ1v) is 6.97. The molecule has 1 aliphatic rings. The first-order chi connectivity index (χ1) is 9.01. The van der Waals surface area contributed by atoms with Crippen LogP contribution < -0.4 is 4.74 Å². The molecule has 3 nitrogen and oxygen atoms in total. The lowest BCUT2D eigenvalue weighted by molar-refractivity contribution is -0.145. The lowest BCUT2D eigenvalue weighted by Crippen LogP contribution is -2.38. The standard InChI is InChI=1S/C15H19ClO3/c1-10-8-13(19-2)12(16)9-11(10)15(14(17)18)6-4-3-5-7-15/h8-9H,3-7H2,1-2H3,(H,17,18). The van der Waals surface area contributed by atoms with Gasteiger partial charge < -0.3 is 9.84 Å². The van der Waals surface area contributed by atoms with Gasteiger partial charge in [0.1, 0.15) is 5.75 Å². The van der Waals surface area contributed by atoms with Gasteiger partial charge in [-0.05, 0) is 43.0 Å². The number of ether oxygens (including phenoxy) is 1. The van der Waals surface area contributed by atoms with Crippen LogP contribution in [0.3, 0.4) is 0 Å². The number of aryl methyl sites for hydroxylation is 1. The van der Waals surface area contributed by atoms with E-state index in [1.54, 1.807) is 13.2 Å². The first-order valence-electron chi connectivity index (χ1n) is 6.59. The molecule has 1 saturated carbocycles. The van der Waals surface area contributed by atoms with E-state index >= 15 is 0 Å². The Morgan fingerprint density at radius 1 is 1.32 bits per heavy atom. The first kappa shape index (κ1) is 14.2. The molecule has 1 aromatic rings. The summed E-state index contributed by atoms with van der Waals surface area (Å²) in [5.41, 5.74) is 0.995. The van der Waals surface area contributed by atoms with Gasteiger partial charge in [0.15, 0.2) is 0 Å². The van der Waals surface area contributed by atoms with E-state index in [2.05, 4.69) is 0 Å². The van der Waals surface area contributed by atoms with E-state index in [0.29, 0.717) is 23.6 Å². The number of carboxylic acid groups (broad SMARTS) is 1. The number of carbonyl (C=O) groups is 1. The molecule has 0 heterocycles. The topological polar surface area (TPSA) is 46.5 Å². The normalized spacial score (nSPS) is 18.1. The van der Waals surface area contributed by atoms with Gasteiger partial charge in [0, 0.05) is 0 Å². The fourth-order valence-corrected chi connectivity index (χ4v) is 3.32. The van der Waals surface area contributed by atoms with Gasteiger partial charge in [-0.2, -0.15) is 0 Å². The van der Waals surface area contributed by atoms with Crippen LogP contribution in [0.2, 0.25) is 5.02 Å². The van der Waals surface area contributed by atoms with Crippen LogP contribution in [0.5, 0.6) is 5.75 Å². The molecule has 104 valence electrons. The molecule has 0 atom stereocenters. The van der Waals surface area contributed by atoms with Crippen LogP contribution in [-0.2, 0) is 10.2 Å². The Balaban J connectivity index is 2.54. The van der Waals surface area contributed by atoms with E-state index in [0.717, 1.165) is 30.4 Å². The zero-order valence-corrected chi connectivity index (χ0v) is 12.1. The molecular weight excluding hydrogens is 264 g/mol. The molecule has 1 fully saturated rings. The van der Waals surface area contributed by atoms with Crippen LogP contribution in [0.4, 0.5) is 0 Å². The summed E-state index contributed by atoms with van der Waals surface area (Å²) in [4.78, 5) is 11.8. The average Bonchev–Trinajstić information content (AvgIpc) is 2.41. The molecule has 1 N–H and O–H groups in total. The molecular formula is C15H19ClO3. The Hall–Kier alpha value is -1.22. The van der Waals surface area contributed by atoms with Crippen LogP contribution in [0, 0.1) is 6.92 Å². The minimum atomic E-state index is -0.780. The highest BCUT2D eigenvalue weighted by Crippen LogP contribution is 2.43. The van der Waals surface area contributed by atoms with Gasteiger partial charge in [0.25, 0.3) is 0 Å². The number of benzene rings is 1. The number of halogens is 1. The van der Waals surface area contributed by atoms with E-state index in [1.165, 1.54) is 0 Å². The maximum Gasteiger partial charge on any atom is 0.314 e. The molecule has 0 spiro atoms. The van der Waals surface area contributed by atoms with Gasteiger partial charge in [0.2, 0.25) is 0 Å². The highest BCUT2D eigenvalue weighted by Gasteiger charge is 2.42. The van der Waals surface area contributed by atoms with Crippen LogP contribution in [0.25, 0.3) is 0 Å². The highest BCUT2D eigenvalue weighted by molar-refractivity contribution is 6.32. The van der Waals surface area contributed by atoms with E-state index in [1.807, 2.05) is 13.0 Å². The molecule has 1 aliphatic carbocycles. The maximum atomic E-state index is 11.8. The zero-order chi connectivity index (χ0) is 14.0. The van der Waals surface area contributed by atoms with Gasteiger partial charge in [0.05, 0.1) is 17.5 Å². The summed E-state index contributed by atoms with van der Waals surface area (Å²) in [6.07, 6.45) is 4.39. The number of methoxy groups -OCH3 is 1. The Kier molecular flexibility index (Phi) is 4.04. The molecule has 0 bridgehead atoms. The third kappa shape index (κ3) is 2.44. The van der Waals surface area contributed by atoms with Gasteiger partial charge in [-0.25, -0.2) is 0 Å². The van der Waals surface area contributed by atoms with Crippen molar-refractivity contribution in [3.63, 3.8) is 0 Å². The quantitative estimate of drug-likeness (QED) is 0.913. The molecule has 0 unspecified atom stereocenters. The number of aliphatic carboxylic acids is 1. The van der Waals surface area contributed by atoms with Crippen molar-refractivity contribution in [2.24, 2.45) is 0 Å². The minimum absolute atomic E-state index is 0.481. The number of hydrogen-bond acceptors (Lipinski definition) is 2. The third-order valence-electron chi connectivity index (χ3n) is 4.13. The molecule has 1 aromatic carbocycles. The fraction of sp³-hybridized carbons (Fsp3) is 0.533. The minimum Gasteiger partial charge on any atom is -0.495 e. The highest BCUT2D eigenvalue weighted by atomic mass is 35.5. The second kappa shape index (κ2) is 5.41. The summed E-state index contributed by atoms with van der Waals surface area (Å²) in [7, 11) is 1.56. The Bertz CT molecular complexity index is 490. The fourth-order valence-electron chi connectivity index (χ4n) is 3.08. The van der Waals surface area contributed by atoms with Gasteiger partial charge in [-0.3, -0.25) is 4.79 Å². The van der Waals surface area contributed by atoms with E-state index in [4.69, 9.17) is 16.3 Å². The van der Waals surface area contributed by atoms with Crippen molar-refractivity contribution in [3.05, 3.63) is 28.3 Å². The lowest BCUT2D eigenvalue weighted by atomic mass is 9.68.